The van der Waals surface area contributed by atoms with E-state index in [2.05, 4.69) is 31.7 Å². The fourth-order valence-electron chi connectivity index (χ4n) is 9.39. The Morgan fingerprint density at radius 2 is 1.23 bits per heavy atom. The molecule has 5 aromatic rings. The van der Waals surface area contributed by atoms with E-state index in [1.54, 1.807) is 4.90 Å². The van der Waals surface area contributed by atoms with Gasteiger partial charge in [-0.15, -0.1) is 0 Å². The summed E-state index contributed by atoms with van der Waals surface area (Å²) >= 11 is 13.5. The van der Waals surface area contributed by atoms with Gasteiger partial charge in [0.2, 0.25) is 11.8 Å². The Labute approximate surface area is 362 Å². The smallest absolute Gasteiger partial charge is 0.407 e. The first-order valence-electron chi connectivity index (χ1n) is 20.7. The number of hydrogen-bond acceptors (Lipinski definition) is 8. The molecular formula is C44H47Cl2N9O6. The van der Waals surface area contributed by atoms with Gasteiger partial charge in [0.15, 0.2) is 10.3 Å². The van der Waals surface area contributed by atoms with E-state index in [0.717, 1.165) is 53.3 Å². The van der Waals surface area contributed by atoms with Crippen molar-refractivity contribution in [2.24, 2.45) is 23.7 Å². The topological polar surface area (TPSA) is 199 Å². The van der Waals surface area contributed by atoms with E-state index >= 15 is 0 Å². The van der Waals surface area contributed by atoms with Gasteiger partial charge in [0, 0.05) is 23.0 Å². The molecule has 2 aliphatic carbocycles. The van der Waals surface area contributed by atoms with Crippen molar-refractivity contribution in [2.75, 3.05) is 7.11 Å². The quantitative estimate of drug-likeness (QED) is 0.0874. The van der Waals surface area contributed by atoms with Crippen LogP contribution in [-0.4, -0.2) is 95.1 Å². The number of alkyl carbamates (subject to hydrolysis) is 1. The number of carboxylic acid groups (broad SMARTS) is 1. The van der Waals surface area contributed by atoms with Gasteiger partial charge in [0.1, 0.15) is 29.4 Å². The number of nitrogens with zero attached hydrogens (tertiary/aromatic N) is 5. The van der Waals surface area contributed by atoms with Gasteiger partial charge in [-0.2, -0.15) is 0 Å². The molecule has 2 aliphatic heterocycles. The summed E-state index contributed by atoms with van der Waals surface area (Å²) in [6, 6.07) is 15.9. The Balaban J connectivity index is 0.909. The number of ether oxygens (including phenoxy) is 1. The second kappa shape index (κ2) is 15.7. The number of pyridine rings is 1. The highest BCUT2D eigenvalue weighted by Crippen LogP contribution is 2.55. The number of benzene rings is 2. The molecule has 0 spiro atoms. The fourth-order valence-corrected chi connectivity index (χ4v) is 9.87. The lowest BCUT2D eigenvalue weighted by Crippen LogP contribution is -2.52. The predicted octanol–water partition coefficient (Wildman–Crippen LogP) is 7.99. The molecule has 9 rings (SSSR count). The van der Waals surface area contributed by atoms with Crippen LogP contribution in [0.3, 0.4) is 0 Å². The van der Waals surface area contributed by atoms with Gasteiger partial charge in [-0.1, -0.05) is 87.3 Å². The van der Waals surface area contributed by atoms with Crippen LogP contribution in [0.5, 0.6) is 0 Å². The van der Waals surface area contributed by atoms with E-state index in [1.165, 1.54) is 7.11 Å². The molecule has 2 saturated carbocycles. The summed E-state index contributed by atoms with van der Waals surface area (Å²) in [5.41, 5.74) is 5.42. The second-order valence-corrected chi connectivity index (χ2v) is 18.1. The Hall–Kier alpha value is -5.67. The first-order valence-corrected chi connectivity index (χ1v) is 21.5. The summed E-state index contributed by atoms with van der Waals surface area (Å²) in [4.78, 5) is 75.8. The highest BCUT2D eigenvalue weighted by molar-refractivity contribution is 6.32. The molecule has 5 heterocycles. The van der Waals surface area contributed by atoms with Crippen LogP contribution < -0.4 is 10.6 Å². The van der Waals surface area contributed by atoms with Crippen molar-refractivity contribution >= 4 is 58.1 Å². The molecule has 3 aromatic heterocycles. The number of imidazole rings is 2. The highest BCUT2D eigenvalue weighted by atomic mass is 35.5. The van der Waals surface area contributed by atoms with Crippen molar-refractivity contribution in [1.82, 2.24) is 45.4 Å². The second-order valence-electron chi connectivity index (χ2n) is 17.4. The van der Waals surface area contributed by atoms with Crippen LogP contribution in [0.4, 0.5) is 9.59 Å². The molecule has 61 heavy (non-hydrogen) atoms. The Morgan fingerprint density at radius 1 is 0.705 bits per heavy atom. The number of methoxy groups -OCH3 is 1. The van der Waals surface area contributed by atoms with Crippen LogP contribution in [0.2, 0.25) is 10.3 Å². The zero-order valence-electron chi connectivity index (χ0n) is 34.3. The molecule has 17 heteroatoms. The van der Waals surface area contributed by atoms with Gasteiger partial charge in [-0.05, 0) is 78.7 Å². The number of likely N-dealkylation sites (tertiary alicyclic amines) is 2. The fraction of sp³-hybridized carbons (Fsp3) is 0.432. The van der Waals surface area contributed by atoms with E-state index in [-0.39, 0.29) is 53.0 Å². The zero-order valence-corrected chi connectivity index (χ0v) is 35.8. The van der Waals surface area contributed by atoms with Crippen molar-refractivity contribution in [3.8, 4) is 33.8 Å². The van der Waals surface area contributed by atoms with E-state index in [9.17, 15) is 24.3 Å². The Bertz CT molecular complexity index is 2560. The Kier molecular flexibility index (Phi) is 10.5. The van der Waals surface area contributed by atoms with Crippen LogP contribution in [0.15, 0.2) is 54.6 Å². The van der Waals surface area contributed by atoms with Gasteiger partial charge < -0.3 is 40.2 Å². The molecule has 0 radical (unpaired) electrons. The summed E-state index contributed by atoms with van der Waals surface area (Å²) in [5, 5.41) is 16.0. The molecule has 4 amide bonds. The normalized spacial score (nSPS) is 23.5. The maximum atomic E-state index is 13.9. The summed E-state index contributed by atoms with van der Waals surface area (Å²) in [7, 11) is 1.28. The first kappa shape index (κ1) is 40.7. The standard InChI is InChI=1S/C44H47Cl2N9O6/c1-19(2)33(50-43(58)59)41(56)54-29-15-26(29)18-32(54)40-49-36(38(46)53-40)28-13-11-24-14-23(10-12-27(24)47-28)21-6-8-22(9-7-21)35-37(45)52-39(48-35)31-17-25-16-30(25)55(31)42(57)34(20(3)4)51-44(60)61-5/h6-14,19-20,25-26,29-34,50H,15-18H2,1-5H3,(H,48,52)(H,49,53)(H,51,60)(H,58,59)/t25-,26+,29+,30+,31-,32-,33-,34-/m0/s1. The number of nitrogens with one attached hydrogen (secondary N) is 4. The van der Waals surface area contributed by atoms with Crippen molar-refractivity contribution in [1.29, 1.82) is 0 Å². The minimum Gasteiger partial charge on any atom is -0.465 e. The third-order valence-corrected chi connectivity index (χ3v) is 13.3. The summed E-state index contributed by atoms with van der Waals surface area (Å²) < 4.78 is 4.79. The number of hydrogen-bond donors (Lipinski definition) is 5. The summed E-state index contributed by atoms with van der Waals surface area (Å²) in [5.74, 6) is 1.15. The molecule has 15 nitrogen and oxygen atoms in total. The van der Waals surface area contributed by atoms with Crippen molar-refractivity contribution in [2.45, 2.75) is 89.6 Å². The number of halogens is 2. The lowest BCUT2D eigenvalue weighted by molar-refractivity contribution is -0.137. The number of aromatic nitrogens is 5. The molecule has 4 fully saturated rings. The molecule has 318 valence electrons. The van der Waals surface area contributed by atoms with Crippen LogP contribution in [0.1, 0.15) is 77.1 Å². The lowest BCUT2D eigenvalue weighted by atomic mass is 10.0. The number of carbonyl (C=O) groups excluding carboxylic acids is 3. The number of H-pyrrole nitrogens is 2. The molecule has 8 atom stereocenters. The third-order valence-electron chi connectivity index (χ3n) is 12.8. The largest absolute Gasteiger partial charge is 0.465 e. The van der Waals surface area contributed by atoms with Crippen molar-refractivity contribution < 1.29 is 29.0 Å². The monoisotopic (exact) mass is 867 g/mol. The first-order chi connectivity index (χ1) is 29.2. The predicted molar refractivity (Wildman–Crippen MR) is 229 cm³/mol. The van der Waals surface area contributed by atoms with E-state index in [0.29, 0.717) is 45.7 Å². The Morgan fingerprint density at radius 3 is 1.79 bits per heavy atom. The van der Waals surface area contributed by atoms with Crippen LogP contribution in [-0.2, 0) is 14.3 Å². The molecule has 2 aromatic carbocycles. The van der Waals surface area contributed by atoms with E-state index < -0.39 is 24.3 Å². The molecular weight excluding hydrogens is 821 g/mol. The SMILES string of the molecule is COC(=O)N[C@H](C(=O)N1[C@@H]2C[C@H]2C[C@H]1c1nc(Cl)c(-c2ccc(-c3ccc4nc(-c5[nH]c([C@@H]6C[C@H]7C[C@H]7N6C(=O)[C@@H](NC(=O)O)C(C)C)nc5Cl)ccc4c3)cc2)[nH]1)C(C)C. The molecule has 4 aliphatic rings. The van der Waals surface area contributed by atoms with E-state index in [4.69, 9.17) is 37.9 Å². The highest BCUT2D eigenvalue weighted by Gasteiger charge is 2.57. The van der Waals surface area contributed by atoms with Gasteiger partial charge in [-0.3, -0.25) is 9.59 Å². The number of aromatic amines is 2. The molecule has 2 saturated heterocycles. The number of rotatable bonds is 11. The van der Waals surface area contributed by atoms with Gasteiger partial charge >= 0.3 is 12.2 Å². The summed E-state index contributed by atoms with van der Waals surface area (Å²) in [6.07, 6.45) is 1.45. The number of piperidine rings is 2. The van der Waals surface area contributed by atoms with Crippen molar-refractivity contribution in [3.63, 3.8) is 0 Å². The van der Waals surface area contributed by atoms with Gasteiger partial charge in [0.05, 0.1) is 36.1 Å². The third kappa shape index (κ3) is 7.56. The van der Waals surface area contributed by atoms with Crippen LogP contribution in [0.25, 0.3) is 44.7 Å². The zero-order chi connectivity index (χ0) is 43.0. The maximum Gasteiger partial charge on any atom is 0.407 e. The van der Waals surface area contributed by atoms with Crippen molar-refractivity contribution in [3.05, 3.63) is 76.6 Å². The number of fused-ring (bicyclic) bond motifs is 3. The van der Waals surface area contributed by atoms with Gasteiger partial charge in [-0.25, -0.2) is 24.5 Å². The minimum atomic E-state index is -1.23. The number of carbonyl (C=O) groups is 4. The average Bonchev–Trinajstić information content (AvgIpc) is 3.95. The lowest BCUT2D eigenvalue weighted by Gasteiger charge is -2.31. The van der Waals surface area contributed by atoms with Gasteiger partial charge in [0.25, 0.3) is 0 Å². The number of amides is 4. The summed E-state index contributed by atoms with van der Waals surface area (Å²) in [6.45, 7) is 7.44. The van der Waals surface area contributed by atoms with Crippen LogP contribution in [0, 0.1) is 23.7 Å². The van der Waals surface area contributed by atoms with Crippen LogP contribution >= 0.6 is 23.2 Å². The molecule has 0 unspecified atom stereocenters. The molecule has 5 N–H and O–H groups in total. The molecule has 0 bridgehead atoms. The minimum absolute atomic E-state index is 0.0573. The van der Waals surface area contributed by atoms with E-state index in [1.807, 2.05) is 81.1 Å². The average molecular weight is 869 g/mol. The maximum absolute atomic E-state index is 13.9.